The van der Waals surface area contributed by atoms with E-state index >= 15 is 0 Å². The number of thioether (sulfide) groups is 1. The highest BCUT2D eigenvalue weighted by atomic mass is 32.2. The van der Waals surface area contributed by atoms with Crippen LogP contribution in [0.25, 0.3) is 11.1 Å². The quantitative estimate of drug-likeness (QED) is 0.587. The molecule has 0 aromatic heterocycles. The fourth-order valence-corrected chi connectivity index (χ4v) is 3.79. The molecule has 1 aliphatic carbocycles. The van der Waals surface area contributed by atoms with Crippen LogP contribution in [0.3, 0.4) is 0 Å². The van der Waals surface area contributed by atoms with Crippen LogP contribution >= 0.6 is 11.8 Å². The van der Waals surface area contributed by atoms with E-state index in [9.17, 15) is 0 Å². The molecule has 15 heavy (non-hydrogen) atoms. The lowest BCUT2D eigenvalue weighted by Crippen LogP contribution is -1.98. The van der Waals surface area contributed by atoms with Gasteiger partial charge >= 0.3 is 0 Å². The van der Waals surface area contributed by atoms with Crippen molar-refractivity contribution in [3.63, 3.8) is 0 Å². The van der Waals surface area contributed by atoms with E-state index in [1.54, 1.807) is 0 Å². The number of rotatable bonds is 0. The van der Waals surface area contributed by atoms with Crippen molar-refractivity contribution >= 4 is 11.8 Å². The molecule has 1 heteroatoms. The Balaban J connectivity index is 2.09. The van der Waals surface area contributed by atoms with Gasteiger partial charge in [0.25, 0.3) is 0 Å². The van der Waals surface area contributed by atoms with Gasteiger partial charge in [0.1, 0.15) is 0 Å². The number of fused-ring (bicyclic) bond motifs is 6. The molecule has 72 valence electrons. The van der Waals surface area contributed by atoms with E-state index in [1.807, 2.05) is 0 Å². The van der Waals surface area contributed by atoms with E-state index < -0.39 is 0 Å². The fraction of sp³-hybridized carbons (Fsp3) is 0.143. The highest BCUT2D eigenvalue weighted by Gasteiger charge is 2.46. The third kappa shape index (κ3) is 0.990. The average Bonchev–Trinajstić information content (AvgIpc) is 3.10. The average molecular weight is 210 g/mol. The zero-order valence-electron chi connectivity index (χ0n) is 8.18. The maximum atomic E-state index is 2.28. The standard InChI is InChI=1S/C14H10S/c1-3-7-11-9(5-1)10-6-2-4-8-12(10)14-13(11)15-14/h1-8,13-14H/t13-,14+. The molecule has 0 N–H and O–H groups in total. The Morgan fingerprint density at radius 1 is 0.667 bits per heavy atom. The first-order chi connectivity index (χ1) is 7.45. The number of benzene rings is 2. The zero-order chi connectivity index (χ0) is 9.83. The molecule has 0 unspecified atom stereocenters. The number of hydrogen-bond acceptors (Lipinski definition) is 1. The lowest BCUT2D eigenvalue weighted by Gasteiger charge is -2.17. The second-order valence-corrected chi connectivity index (χ2v) is 5.44. The van der Waals surface area contributed by atoms with Crippen molar-refractivity contribution in [1.82, 2.24) is 0 Å². The van der Waals surface area contributed by atoms with Crippen molar-refractivity contribution in [2.45, 2.75) is 10.5 Å². The smallest absolute Gasteiger partial charge is 0.0470 e. The molecule has 1 fully saturated rings. The summed E-state index contributed by atoms with van der Waals surface area (Å²) in [6.45, 7) is 0. The lowest BCUT2D eigenvalue weighted by molar-refractivity contribution is 1.01. The van der Waals surface area contributed by atoms with Gasteiger partial charge in [-0.05, 0) is 22.3 Å². The van der Waals surface area contributed by atoms with Crippen LogP contribution in [0.4, 0.5) is 0 Å². The first-order valence-electron chi connectivity index (χ1n) is 5.29. The van der Waals surface area contributed by atoms with Crippen molar-refractivity contribution in [2.24, 2.45) is 0 Å². The van der Waals surface area contributed by atoms with Crippen molar-refractivity contribution in [3.8, 4) is 11.1 Å². The summed E-state index contributed by atoms with van der Waals surface area (Å²) in [5.41, 5.74) is 5.95. The van der Waals surface area contributed by atoms with Crippen LogP contribution in [0.1, 0.15) is 21.6 Å². The van der Waals surface area contributed by atoms with Gasteiger partial charge in [-0.2, -0.15) is 0 Å². The Bertz CT molecular complexity index is 495. The monoisotopic (exact) mass is 210 g/mol. The van der Waals surface area contributed by atoms with Crippen LogP contribution in [0.2, 0.25) is 0 Å². The largest absolute Gasteiger partial charge is 0.142 e. The summed E-state index contributed by atoms with van der Waals surface area (Å²) in [5.74, 6) is 0. The molecule has 0 nitrogen and oxygen atoms in total. The maximum absolute atomic E-state index is 2.28. The van der Waals surface area contributed by atoms with E-state index in [4.69, 9.17) is 0 Å². The normalized spacial score (nSPS) is 25.1. The predicted molar refractivity (Wildman–Crippen MR) is 65.0 cm³/mol. The molecular weight excluding hydrogens is 200 g/mol. The first kappa shape index (κ1) is 8.00. The minimum Gasteiger partial charge on any atom is -0.142 e. The predicted octanol–water partition coefficient (Wildman–Crippen LogP) is 4.20. The second-order valence-electron chi connectivity index (χ2n) is 4.15. The van der Waals surface area contributed by atoms with Crippen LogP contribution < -0.4 is 0 Å². The van der Waals surface area contributed by atoms with Crippen LogP contribution in [-0.2, 0) is 0 Å². The van der Waals surface area contributed by atoms with Crippen molar-refractivity contribution in [1.29, 1.82) is 0 Å². The summed E-state index contributed by atoms with van der Waals surface area (Å²) in [7, 11) is 0. The van der Waals surface area contributed by atoms with Crippen molar-refractivity contribution in [3.05, 3.63) is 59.7 Å². The van der Waals surface area contributed by atoms with Gasteiger partial charge in [-0.25, -0.2) is 0 Å². The molecule has 2 atom stereocenters. The lowest BCUT2D eigenvalue weighted by atomic mass is 9.86. The Morgan fingerprint density at radius 3 is 1.67 bits per heavy atom. The third-order valence-corrected chi connectivity index (χ3v) is 4.64. The third-order valence-electron chi connectivity index (χ3n) is 3.32. The molecule has 1 aliphatic heterocycles. The van der Waals surface area contributed by atoms with Gasteiger partial charge in [-0.3, -0.25) is 0 Å². The Hall–Kier alpha value is -1.21. The van der Waals surface area contributed by atoms with Crippen LogP contribution in [0, 0.1) is 0 Å². The molecule has 2 aromatic rings. The van der Waals surface area contributed by atoms with Gasteiger partial charge in [0, 0.05) is 10.5 Å². The topological polar surface area (TPSA) is 0 Å². The van der Waals surface area contributed by atoms with Gasteiger partial charge < -0.3 is 0 Å². The minimum atomic E-state index is 0.732. The second kappa shape index (κ2) is 2.67. The van der Waals surface area contributed by atoms with Crippen molar-refractivity contribution < 1.29 is 0 Å². The van der Waals surface area contributed by atoms with Crippen molar-refractivity contribution in [2.75, 3.05) is 0 Å². The van der Waals surface area contributed by atoms with Gasteiger partial charge in [0.05, 0.1) is 0 Å². The van der Waals surface area contributed by atoms with E-state index in [0.717, 1.165) is 10.5 Å². The van der Waals surface area contributed by atoms with Crippen LogP contribution in [0.15, 0.2) is 48.5 Å². The Morgan fingerprint density at radius 2 is 1.13 bits per heavy atom. The summed E-state index contributed by atoms with van der Waals surface area (Å²) in [5, 5.41) is 1.46. The molecular formula is C14H10S. The molecule has 4 rings (SSSR count). The SMILES string of the molecule is c1ccc2c(c1)-c1ccccc1[C@@H]1S[C@H]21. The highest BCUT2D eigenvalue weighted by Crippen LogP contribution is 2.70. The summed E-state index contributed by atoms with van der Waals surface area (Å²) in [4.78, 5) is 0. The fourth-order valence-electron chi connectivity index (χ4n) is 2.57. The molecule has 0 bridgehead atoms. The van der Waals surface area contributed by atoms with Crippen LogP contribution in [-0.4, -0.2) is 0 Å². The molecule has 0 saturated carbocycles. The Labute approximate surface area is 93.3 Å². The Kier molecular flexibility index (Phi) is 1.43. The van der Waals surface area contributed by atoms with Gasteiger partial charge in [0.15, 0.2) is 0 Å². The van der Waals surface area contributed by atoms with E-state index in [2.05, 4.69) is 60.3 Å². The maximum Gasteiger partial charge on any atom is 0.0470 e. The first-order valence-corrected chi connectivity index (χ1v) is 6.23. The van der Waals surface area contributed by atoms with Gasteiger partial charge in [0.2, 0.25) is 0 Å². The molecule has 1 heterocycles. The zero-order valence-corrected chi connectivity index (χ0v) is 9.00. The van der Waals surface area contributed by atoms with Crippen LogP contribution in [0.5, 0.6) is 0 Å². The highest BCUT2D eigenvalue weighted by molar-refractivity contribution is 8.06. The molecule has 0 spiro atoms. The summed E-state index contributed by atoms with van der Waals surface area (Å²) < 4.78 is 0. The minimum absolute atomic E-state index is 0.732. The summed E-state index contributed by atoms with van der Waals surface area (Å²) >= 11 is 2.08. The molecule has 0 amide bonds. The molecule has 2 aliphatic rings. The van der Waals surface area contributed by atoms with Gasteiger partial charge in [-0.15, -0.1) is 11.8 Å². The van der Waals surface area contributed by atoms with Gasteiger partial charge in [-0.1, -0.05) is 48.5 Å². The van der Waals surface area contributed by atoms with E-state index in [0.29, 0.717) is 0 Å². The van der Waals surface area contributed by atoms with E-state index in [-0.39, 0.29) is 0 Å². The number of hydrogen-bond donors (Lipinski definition) is 0. The molecule has 0 radical (unpaired) electrons. The molecule has 2 aromatic carbocycles. The molecule has 1 saturated heterocycles. The summed E-state index contributed by atoms with van der Waals surface area (Å²) in [6, 6.07) is 17.7. The van der Waals surface area contributed by atoms with E-state index in [1.165, 1.54) is 22.3 Å². The summed E-state index contributed by atoms with van der Waals surface area (Å²) in [6.07, 6.45) is 0.